The van der Waals surface area contributed by atoms with Gasteiger partial charge >= 0.3 is 0 Å². The van der Waals surface area contributed by atoms with Crippen LogP contribution in [0, 0.1) is 0 Å². The average Bonchev–Trinajstić information content (AvgIpc) is 3.57. The average molecular weight is 511 g/mol. The van der Waals surface area contributed by atoms with Gasteiger partial charge in [-0.2, -0.15) is 0 Å². The molecule has 178 valence electrons. The molecule has 2 aromatic heterocycles. The number of benzene rings is 2. The number of Topliss-reactive ketones (excluding diaryl/α,β-unsaturated/α-hetero) is 1. The molecule has 9 heteroatoms. The Morgan fingerprint density at radius 1 is 1.20 bits per heavy atom. The van der Waals surface area contributed by atoms with E-state index in [-0.39, 0.29) is 22.9 Å². The van der Waals surface area contributed by atoms with Crippen LogP contribution < -0.4 is 4.74 Å². The van der Waals surface area contributed by atoms with Crippen LogP contribution >= 0.6 is 23.2 Å². The van der Waals surface area contributed by atoms with Crippen molar-refractivity contribution in [3.05, 3.63) is 99.3 Å². The van der Waals surface area contributed by atoms with E-state index in [0.717, 1.165) is 16.5 Å². The van der Waals surface area contributed by atoms with Gasteiger partial charge in [0.25, 0.3) is 5.91 Å². The molecule has 4 aromatic rings. The number of ether oxygens (including phenoxy) is 1. The lowest BCUT2D eigenvalue weighted by molar-refractivity contribution is -0.129. The largest absolute Gasteiger partial charge is 0.503 e. The predicted molar refractivity (Wildman–Crippen MR) is 132 cm³/mol. The Kier molecular flexibility index (Phi) is 6.05. The number of aliphatic hydroxyl groups excluding tert-OH is 1. The molecule has 0 spiro atoms. The molecule has 0 bridgehead atoms. The lowest BCUT2D eigenvalue weighted by Crippen LogP contribution is -2.33. The van der Waals surface area contributed by atoms with E-state index >= 15 is 0 Å². The van der Waals surface area contributed by atoms with E-state index < -0.39 is 23.5 Å². The number of H-pyrrole nitrogens is 1. The minimum Gasteiger partial charge on any atom is -0.503 e. The van der Waals surface area contributed by atoms with Crippen molar-refractivity contribution in [2.45, 2.75) is 12.5 Å². The van der Waals surface area contributed by atoms with Crippen LogP contribution in [0.1, 0.15) is 27.7 Å². The van der Waals surface area contributed by atoms with Crippen molar-refractivity contribution in [3.8, 4) is 5.75 Å². The summed E-state index contributed by atoms with van der Waals surface area (Å²) >= 11 is 12.6. The lowest BCUT2D eigenvalue weighted by Gasteiger charge is -2.27. The van der Waals surface area contributed by atoms with Crippen molar-refractivity contribution in [1.29, 1.82) is 0 Å². The summed E-state index contributed by atoms with van der Waals surface area (Å²) in [5.74, 6) is -1.14. The van der Waals surface area contributed by atoms with E-state index in [9.17, 15) is 14.7 Å². The number of nitrogens with one attached hydrogen (secondary N) is 1. The van der Waals surface area contributed by atoms with Gasteiger partial charge in [-0.05, 0) is 60.0 Å². The number of fused-ring (bicyclic) bond motifs is 1. The molecule has 35 heavy (non-hydrogen) atoms. The van der Waals surface area contributed by atoms with Crippen LogP contribution in [0.3, 0.4) is 0 Å². The highest BCUT2D eigenvalue weighted by Crippen LogP contribution is 2.42. The maximum absolute atomic E-state index is 13.3. The number of amides is 1. The number of furan rings is 1. The van der Waals surface area contributed by atoms with Crippen molar-refractivity contribution >= 4 is 45.8 Å². The fraction of sp³-hybridized carbons (Fsp3) is 0.154. The summed E-state index contributed by atoms with van der Waals surface area (Å²) in [4.78, 5) is 31.1. The fourth-order valence-electron chi connectivity index (χ4n) is 4.44. The van der Waals surface area contributed by atoms with Crippen LogP contribution in [0.2, 0.25) is 10.0 Å². The van der Waals surface area contributed by atoms with Crippen molar-refractivity contribution in [3.63, 3.8) is 0 Å². The number of rotatable bonds is 7. The molecule has 0 unspecified atom stereocenters. The summed E-state index contributed by atoms with van der Waals surface area (Å²) in [6.45, 7) is 0.214. The first kappa shape index (κ1) is 23.1. The Balaban J connectivity index is 1.53. The molecule has 1 aliphatic rings. The molecule has 2 aromatic carbocycles. The third-order valence-corrected chi connectivity index (χ3v) is 6.71. The van der Waals surface area contributed by atoms with Crippen LogP contribution in [-0.4, -0.2) is 40.3 Å². The zero-order valence-corrected chi connectivity index (χ0v) is 20.1. The second-order valence-corrected chi connectivity index (χ2v) is 8.95. The maximum atomic E-state index is 13.3. The van der Waals surface area contributed by atoms with Gasteiger partial charge < -0.3 is 24.1 Å². The number of ketones is 1. The van der Waals surface area contributed by atoms with Crippen LogP contribution in [0.15, 0.2) is 76.7 Å². The van der Waals surface area contributed by atoms with E-state index in [0.29, 0.717) is 22.8 Å². The molecule has 0 fully saturated rings. The zero-order chi connectivity index (χ0) is 24.7. The Morgan fingerprint density at radius 3 is 2.74 bits per heavy atom. The molecule has 0 saturated carbocycles. The number of nitrogens with zero attached hydrogens (tertiary/aromatic N) is 1. The second-order valence-electron chi connectivity index (χ2n) is 8.11. The highest BCUT2D eigenvalue weighted by atomic mass is 35.5. The topological polar surface area (TPSA) is 95.8 Å². The number of halogens is 2. The molecular formula is C26H20Cl2N2O5. The predicted octanol–water partition coefficient (Wildman–Crippen LogP) is 5.90. The number of aliphatic hydroxyl groups is 1. The quantitative estimate of drug-likeness (QED) is 0.302. The first-order valence-electron chi connectivity index (χ1n) is 10.8. The smallest absolute Gasteiger partial charge is 0.290 e. The van der Waals surface area contributed by atoms with Crippen LogP contribution in [0.25, 0.3) is 10.9 Å². The Bertz CT molecular complexity index is 1470. The summed E-state index contributed by atoms with van der Waals surface area (Å²) in [5, 5.41) is 12.5. The van der Waals surface area contributed by atoms with Gasteiger partial charge in [-0.3, -0.25) is 9.59 Å². The number of aromatic amines is 1. The van der Waals surface area contributed by atoms with E-state index in [2.05, 4.69) is 4.98 Å². The van der Waals surface area contributed by atoms with Gasteiger partial charge in [0.2, 0.25) is 5.78 Å². The molecule has 0 radical (unpaired) electrons. The van der Waals surface area contributed by atoms with Gasteiger partial charge in [0, 0.05) is 33.7 Å². The molecule has 0 aliphatic carbocycles. The van der Waals surface area contributed by atoms with Crippen LogP contribution in [0.4, 0.5) is 0 Å². The van der Waals surface area contributed by atoms with Crippen molar-refractivity contribution < 1.29 is 23.8 Å². The SMILES string of the molecule is COc1ccc2[nH]cc(CCN3C(=O)C(O)=C(C(=O)c4ccco4)[C@H]3c3ccc(Cl)cc3Cl)c2c1. The minimum absolute atomic E-state index is 0.0139. The standard InChI is InChI=1S/C26H20Cl2N2O5/c1-34-16-5-7-20-18(12-16)14(13-29-20)8-9-30-23(17-6-4-15(27)11-19(17)28)22(25(32)26(30)33)24(31)21-3-2-10-35-21/h2-7,10-13,23,29,32H,8-9H2,1H3/t23-/m1/s1. The second kappa shape index (κ2) is 9.17. The molecule has 2 N–H and O–H groups in total. The zero-order valence-electron chi connectivity index (χ0n) is 18.5. The number of hydrogen-bond acceptors (Lipinski definition) is 5. The summed E-state index contributed by atoms with van der Waals surface area (Å²) in [6.07, 6.45) is 3.68. The Labute approximate surface area is 210 Å². The van der Waals surface area contributed by atoms with Crippen molar-refractivity contribution in [1.82, 2.24) is 9.88 Å². The molecule has 0 saturated heterocycles. The highest BCUT2D eigenvalue weighted by Gasteiger charge is 2.45. The third kappa shape index (κ3) is 4.07. The van der Waals surface area contributed by atoms with E-state index in [1.165, 1.54) is 23.3 Å². The summed E-state index contributed by atoms with van der Waals surface area (Å²) in [5.41, 5.74) is 2.28. The number of methoxy groups -OCH3 is 1. The number of aromatic nitrogens is 1. The van der Waals surface area contributed by atoms with Crippen molar-refractivity contribution in [2.24, 2.45) is 0 Å². The first-order valence-corrected chi connectivity index (χ1v) is 11.6. The monoisotopic (exact) mass is 510 g/mol. The summed E-state index contributed by atoms with van der Waals surface area (Å²) in [6, 6.07) is 12.7. The summed E-state index contributed by atoms with van der Waals surface area (Å²) in [7, 11) is 1.60. The number of carbonyl (C=O) groups excluding carboxylic acids is 2. The first-order chi connectivity index (χ1) is 16.9. The van der Waals surface area contributed by atoms with E-state index in [4.69, 9.17) is 32.4 Å². The number of hydrogen-bond donors (Lipinski definition) is 2. The Hall–Kier alpha value is -3.68. The molecule has 1 aliphatic heterocycles. The van der Waals surface area contributed by atoms with Gasteiger partial charge in [-0.15, -0.1) is 0 Å². The molecule has 5 rings (SSSR count). The van der Waals surface area contributed by atoms with E-state index in [1.54, 1.807) is 25.3 Å². The fourth-order valence-corrected chi connectivity index (χ4v) is 4.95. The highest BCUT2D eigenvalue weighted by molar-refractivity contribution is 6.35. The maximum Gasteiger partial charge on any atom is 0.290 e. The van der Waals surface area contributed by atoms with Crippen LogP contribution in [0.5, 0.6) is 5.75 Å². The normalized spacial score (nSPS) is 15.9. The summed E-state index contributed by atoms with van der Waals surface area (Å²) < 4.78 is 10.6. The Morgan fingerprint density at radius 2 is 2.03 bits per heavy atom. The number of carbonyl (C=O) groups is 2. The molecule has 1 atom stereocenters. The van der Waals surface area contributed by atoms with Gasteiger partial charge in [0.1, 0.15) is 5.75 Å². The molecule has 3 heterocycles. The minimum atomic E-state index is -0.912. The molecule has 1 amide bonds. The van der Waals surface area contributed by atoms with E-state index in [1.807, 2.05) is 24.4 Å². The van der Waals surface area contributed by atoms with Gasteiger partial charge in [-0.25, -0.2) is 0 Å². The van der Waals surface area contributed by atoms with Crippen LogP contribution in [-0.2, 0) is 11.2 Å². The van der Waals surface area contributed by atoms with Gasteiger partial charge in [-0.1, -0.05) is 29.3 Å². The lowest BCUT2D eigenvalue weighted by atomic mass is 9.94. The van der Waals surface area contributed by atoms with Crippen molar-refractivity contribution in [2.75, 3.05) is 13.7 Å². The third-order valence-electron chi connectivity index (χ3n) is 6.15. The molecule has 7 nitrogen and oxygen atoms in total. The van der Waals surface area contributed by atoms with Gasteiger partial charge in [0.15, 0.2) is 11.5 Å². The van der Waals surface area contributed by atoms with Gasteiger partial charge in [0.05, 0.1) is 25.0 Å². The molecular weight excluding hydrogens is 491 g/mol.